The summed E-state index contributed by atoms with van der Waals surface area (Å²) in [6, 6.07) is 3.65. The van der Waals surface area contributed by atoms with Crippen LogP contribution in [0.1, 0.15) is 12.5 Å². The summed E-state index contributed by atoms with van der Waals surface area (Å²) >= 11 is 0. The highest BCUT2D eigenvalue weighted by Crippen LogP contribution is 2.15. The van der Waals surface area contributed by atoms with Crippen LogP contribution in [-0.4, -0.2) is 41.4 Å². The van der Waals surface area contributed by atoms with Crippen molar-refractivity contribution in [3.05, 3.63) is 29.6 Å². The van der Waals surface area contributed by atoms with Crippen LogP contribution in [0.4, 0.5) is 4.39 Å². The fraction of sp³-hybridized carbons (Fsp3) is 0.538. The maximum Gasteiger partial charge on any atom is 0.240 e. The zero-order valence-electron chi connectivity index (χ0n) is 12.1. The van der Waals surface area contributed by atoms with Crippen molar-refractivity contribution in [2.75, 3.05) is 27.4 Å². The zero-order chi connectivity index (χ0) is 15.4. The molecule has 1 rings (SSSR count). The van der Waals surface area contributed by atoms with E-state index in [1.54, 1.807) is 6.92 Å². The van der Waals surface area contributed by atoms with Gasteiger partial charge in [-0.1, -0.05) is 0 Å². The summed E-state index contributed by atoms with van der Waals surface area (Å²) in [5, 5.41) is 0. The van der Waals surface area contributed by atoms with Crippen LogP contribution in [0.2, 0.25) is 0 Å². The van der Waals surface area contributed by atoms with Crippen molar-refractivity contribution in [1.82, 2.24) is 4.72 Å². The summed E-state index contributed by atoms with van der Waals surface area (Å²) in [6.45, 7) is 3.54. The highest BCUT2D eigenvalue weighted by Gasteiger charge is 2.26. The van der Waals surface area contributed by atoms with Crippen molar-refractivity contribution >= 4 is 10.0 Å². The Hall–Kier alpha value is -1.02. The summed E-state index contributed by atoms with van der Waals surface area (Å²) in [4.78, 5) is 0.0206. The molecule has 0 bridgehead atoms. The summed E-state index contributed by atoms with van der Waals surface area (Å²) in [5.74, 6) is -0.440. The molecule has 5 nitrogen and oxygen atoms in total. The molecule has 1 atom stereocenters. The van der Waals surface area contributed by atoms with Crippen molar-refractivity contribution in [3.8, 4) is 0 Å². The molecule has 1 aromatic rings. The van der Waals surface area contributed by atoms with Gasteiger partial charge in [0.05, 0.1) is 11.5 Å². The molecular formula is C13H20FNO4S. The molecule has 0 unspecified atom stereocenters. The highest BCUT2D eigenvalue weighted by atomic mass is 32.2. The Morgan fingerprint density at radius 2 is 2.00 bits per heavy atom. The number of hydrogen-bond acceptors (Lipinski definition) is 4. The Morgan fingerprint density at radius 3 is 2.50 bits per heavy atom. The second-order valence-electron chi connectivity index (χ2n) is 4.82. The van der Waals surface area contributed by atoms with Gasteiger partial charge in [0.25, 0.3) is 0 Å². The normalized spacial score (nSPS) is 15.1. The van der Waals surface area contributed by atoms with Crippen LogP contribution in [0.15, 0.2) is 23.1 Å². The number of sulfonamides is 1. The molecular weight excluding hydrogens is 285 g/mol. The van der Waals surface area contributed by atoms with Crippen molar-refractivity contribution < 1.29 is 22.3 Å². The minimum atomic E-state index is -3.71. The van der Waals surface area contributed by atoms with Crippen LogP contribution in [-0.2, 0) is 19.5 Å². The van der Waals surface area contributed by atoms with E-state index < -0.39 is 21.4 Å². The van der Waals surface area contributed by atoms with Gasteiger partial charge in [0.15, 0.2) is 0 Å². The van der Waals surface area contributed by atoms with Crippen LogP contribution in [0, 0.1) is 12.7 Å². The van der Waals surface area contributed by atoms with Crippen LogP contribution in [0.25, 0.3) is 0 Å². The number of nitrogens with one attached hydrogen (secondary N) is 1. The van der Waals surface area contributed by atoms with Crippen molar-refractivity contribution in [2.45, 2.75) is 24.3 Å². The number of rotatable bonds is 7. The molecule has 114 valence electrons. The topological polar surface area (TPSA) is 64.6 Å². The number of aryl methyl sites for hydroxylation is 1. The molecule has 0 aliphatic carbocycles. The highest BCUT2D eigenvalue weighted by molar-refractivity contribution is 7.89. The second-order valence-corrected chi connectivity index (χ2v) is 6.59. The monoisotopic (exact) mass is 305 g/mol. The van der Waals surface area contributed by atoms with Crippen LogP contribution in [0.3, 0.4) is 0 Å². The average molecular weight is 305 g/mol. The van der Waals surface area contributed by atoms with Gasteiger partial charge in [-0.05, 0) is 37.6 Å². The lowest BCUT2D eigenvalue weighted by Crippen LogP contribution is -2.45. The van der Waals surface area contributed by atoms with E-state index in [0.29, 0.717) is 0 Å². The Kier molecular flexibility index (Phi) is 5.64. The van der Waals surface area contributed by atoms with Crippen molar-refractivity contribution in [1.29, 1.82) is 0 Å². The fourth-order valence-electron chi connectivity index (χ4n) is 1.60. The Bertz CT molecular complexity index is 561. The van der Waals surface area contributed by atoms with E-state index in [1.807, 2.05) is 0 Å². The zero-order valence-corrected chi connectivity index (χ0v) is 12.9. The Labute approximate surface area is 119 Å². The fourth-order valence-corrected chi connectivity index (χ4v) is 2.84. The van der Waals surface area contributed by atoms with E-state index in [4.69, 9.17) is 9.47 Å². The molecule has 0 amide bonds. The first-order chi connectivity index (χ1) is 9.24. The molecule has 0 aliphatic rings. The summed E-state index contributed by atoms with van der Waals surface area (Å²) in [6.07, 6.45) is 0. The molecule has 1 N–H and O–H groups in total. The van der Waals surface area contributed by atoms with Gasteiger partial charge in [-0.2, -0.15) is 0 Å². The SMILES string of the molecule is COC[C@@](C)(CNS(=O)(=O)c1ccc(F)c(C)c1)OC. The van der Waals surface area contributed by atoms with Crippen LogP contribution in [0.5, 0.6) is 0 Å². The first-order valence-electron chi connectivity index (χ1n) is 6.04. The largest absolute Gasteiger partial charge is 0.382 e. The maximum atomic E-state index is 13.2. The number of halogens is 1. The maximum absolute atomic E-state index is 13.2. The molecule has 0 aromatic heterocycles. The van der Waals surface area contributed by atoms with Gasteiger partial charge in [0.2, 0.25) is 10.0 Å². The molecule has 0 fully saturated rings. The van der Waals surface area contributed by atoms with Gasteiger partial charge < -0.3 is 9.47 Å². The molecule has 7 heteroatoms. The van der Waals surface area contributed by atoms with Gasteiger partial charge in [0, 0.05) is 20.8 Å². The Balaban J connectivity index is 2.87. The van der Waals surface area contributed by atoms with Crippen LogP contribution < -0.4 is 4.72 Å². The third kappa shape index (κ3) is 4.24. The van der Waals surface area contributed by atoms with Crippen molar-refractivity contribution in [3.63, 3.8) is 0 Å². The van der Waals surface area contributed by atoms with E-state index in [2.05, 4.69) is 4.72 Å². The lowest BCUT2D eigenvalue weighted by atomic mass is 10.1. The van der Waals surface area contributed by atoms with Crippen molar-refractivity contribution in [2.24, 2.45) is 0 Å². The number of benzene rings is 1. The molecule has 0 heterocycles. The molecule has 0 saturated carbocycles. The number of methoxy groups -OCH3 is 2. The van der Waals surface area contributed by atoms with E-state index in [1.165, 1.54) is 33.3 Å². The molecule has 0 radical (unpaired) electrons. The first kappa shape index (κ1) is 17.0. The third-order valence-electron chi connectivity index (χ3n) is 3.02. The van der Waals surface area contributed by atoms with Gasteiger partial charge in [-0.3, -0.25) is 0 Å². The average Bonchev–Trinajstić information content (AvgIpc) is 2.40. The predicted octanol–water partition coefficient (Wildman–Crippen LogP) is 1.46. The summed E-state index contributed by atoms with van der Waals surface area (Å²) < 4.78 is 50.1. The predicted molar refractivity (Wildman–Crippen MR) is 73.6 cm³/mol. The minimum absolute atomic E-state index is 0.0206. The van der Waals surface area contributed by atoms with E-state index in [9.17, 15) is 12.8 Å². The second kappa shape index (κ2) is 6.62. The lowest BCUT2D eigenvalue weighted by Gasteiger charge is -2.27. The minimum Gasteiger partial charge on any atom is -0.382 e. The number of ether oxygens (including phenoxy) is 2. The standard InChI is InChI=1S/C13H20FNO4S/c1-10-7-11(5-6-12(10)14)20(16,17)15-8-13(2,19-4)9-18-3/h5-7,15H,8-9H2,1-4H3/t13-/m1/s1. The van der Waals surface area contributed by atoms with Gasteiger partial charge in [-0.25, -0.2) is 17.5 Å². The van der Waals surface area contributed by atoms with E-state index in [-0.39, 0.29) is 23.6 Å². The quantitative estimate of drug-likeness (QED) is 0.828. The third-order valence-corrected chi connectivity index (χ3v) is 4.42. The first-order valence-corrected chi connectivity index (χ1v) is 7.52. The van der Waals surface area contributed by atoms with E-state index >= 15 is 0 Å². The number of hydrogen-bond donors (Lipinski definition) is 1. The van der Waals surface area contributed by atoms with E-state index in [0.717, 1.165) is 6.07 Å². The summed E-state index contributed by atoms with van der Waals surface area (Å²) in [7, 11) is -0.723. The molecule has 20 heavy (non-hydrogen) atoms. The molecule has 1 aromatic carbocycles. The molecule has 0 spiro atoms. The smallest absolute Gasteiger partial charge is 0.240 e. The van der Waals surface area contributed by atoms with Gasteiger partial charge in [-0.15, -0.1) is 0 Å². The lowest BCUT2D eigenvalue weighted by molar-refractivity contribution is -0.0460. The van der Waals surface area contributed by atoms with Gasteiger partial charge in [0.1, 0.15) is 11.4 Å². The molecule has 0 saturated heterocycles. The van der Waals surface area contributed by atoms with Crippen LogP contribution >= 0.6 is 0 Å². The van der Waals surface area contributed by atoms with Gasteiger partial charge >= 0.3 is 0 Å². The summed E-state index contributed by atoms with van der Waals surface area (Å²) in [5.41, 5.74) is -0.490. The Morgan fingerprint density at radius 1 is 1.35 bits per heavy atom. The molecule has 0 aliphatic heterocycles.